The Morgan fingerprint density at radius 1 is 0.517 bits per heavy atom. The summed E-state index contributed by atoms with van der Waals surface area (Å²) in [6, 6.07) is 26.3. The molecule has 89 heavy (non-hydrogen) atoms. The van der Waals surface area contributed by atoms with E-state index < -0.39 is 0 Å². The zero-order valence-electron chi connectivity index (χ0n) is 52.5. The van der Waals surface area contributed by atoms with Gasteiger partial charge in [0.15, 0.2) is 22.8 Å². The van der Waals surface area contributed by atoms with Crippen LogP contribution in [-0.2, 0) is 0 Å². The minimum Gasteiger partial charge on any atom is -0.353 e. The van der Waals surface area contributed by atoms with Crippen LogP contribution in [-0.4, -0.2) is 149 Å². The van der Waals surface area contributed by atoms with Gasteiger partial charge in [-0.2, -0.15) is 35.7 Å². The number of nitrogens with one attached hydrogen (secondary N) is 1. The fraction of sp³-hybridized carbons (Fsp3) is 0.382. The Labute approximate surface area is 515 Å². The van der Waals surface area contributed by atoms with Crippen molar-refractivity contribution in [1.29, 1.82) is 0 Å². The molecule has 19 nitrogen and oxygen atoms in total. The molecule has 0 saturated carbocycles. The van der Waals surface area contributed by atoms with Crippen LogP contribution < -0.4 is 10.2 Å². The number of likely N-dealkylation sites (N-methyl/N-ethyl adjacent to an activating group) is 1. The quantitative estimate of drug-likeness (QED) is 0.151. The molecule has 1 unspecified atom stereocenters. The molecule has 1 N–H and O–H groups in total. The lowest BCUT2D eigenvalue weighted by atomic mass is 9.86. The van der Waals surface area contributed by atoms with E-state index in [-0.39, 0.29) is 11.6 Å². The van der Waals surface area contributed by atoms with Crippen molar-refractivity contribution in [2.45, 2.75) is 124 Å². The van der Waals surface area contributed by atoms with Crippen LogP contribution in [0.25, 0.3) is 83.4 Å². The molecule has 12 heterocycles. The highest BCUT2D eigenvalue weighted by atomic mass is 19.1. The van der Waals surface area contributed by atoms with Gasteiger partial charge < -0.3 is 20.0 Å². The number of aromatic nitrogens is 15. The van der Waals surface area contributed by atoms with Gasteiger partial charge in [-0.15, -0.1) is 10.2 Å². The number of rotatable bonds is 8. The van der Waals surface area contributed by atoms with E-state index in [0.29, 0.717) is 74.3 Å². The van der Waals surface area contributed by atoms with E-state index in [2.05, 4.69) is 148 Å². The maximum Gasteiger partial charge on any atom is 0.156 e. The van der Waals surface area contributed by atoms with Crippen molar-refractivity contribution in [1.82, 2.24) is 89.5 Å². The molecular formula is C68H75F2N19. The van der Waals surface area contributed by atoms with Crippen molar-refractivity contribution < 1.29 is 8.78 Å². The number of hydrogen-bond acceptors (Lipinski definition) is 16. The number of likely N-dealkylation sites (tertiary alicyclic amines) is 1. The Kier molecular flexibility index (Phi) is 16.1. The van der Waals surface area contributed by atoms with Gasteiger partial charge in [-0.3, -0.25) is 0 Å². The number of fused-ring (bicyclic) bond motifs is 6. The van der Waals surface area contributed by atoms with Crippen molar-refractivity contribution in [2.24, 2.45) is 0 Å². The maximum atomic E-state index is 15.1. The largest absolute Gasteiger partial charge is 0.353 e. The van der Waals surface area contributed by atoms with E-state index in [1.54, 1.807) is 21.2 Å². The van der Waals surface area contributed by atoms with Crippen LogP contribution >= 0.6 is 0 Å². The van der Waals surface area contributed by atoms with Gasteiger partial charge in [0.2, 0.25) is 0 Å². The molecule has 0 spiro atoms. The van der Waals surface area contributed by atoms with E-state index in [9.17, 15) is 0 Å². The zero-order chi connectivity index (χ0) is 61.9. The SMILES string of the molecule is CCN1CCC(c2cc3ccc(-c4cc(C)c5nc(C)cn5n4)cc3nn2)CC1.Cc1cn2nc(-c3cc(F)c4cc(C5C[C@@H](C)N[C@H](C)C5)nnc4c3)cc(C)c2n1.Cc1cn2nc(-c3cc(F)c4cc(N5CCC(N(C)C)C5)nnc4c3)cc(C)c2n1. The summed E-state index contributed by atoms with van der Waals surface area (Å²) in [5.41, 5.74) is 17.1. The molecule has 15 rings (SSSR count). The molecule has 0 amide bonds. The first-order valence-corrected chi connectivity index (χ1v) is 31.0. The molecule has 3 aliphatic rings. The summed E-state index contributed by atoms with van der Waals surface area (Å²) in [6.07, 6.45) is 11.1. The minimum absolute atomic E-state index is 0.295. The molecular weight excluding hydrogens is 1120 g/mol. The lowest BCUT2D eigenvalue weighted by Gasteiger charge is -2.32. The van der Waals surface area contributed by atoms with E-state index >= 15 is 8.78 Å². The second-order valence-electron chi connectivity index (χ2n) is 25.1. The average Bonchev–Trinajstić information content (AvgIpc) is 3.01. The van der Waals surface area contributed by atoms with Crippen molar-refractivity contribution in [3.63, 3.8) is 0 Å². The molecule has 0 radical (unpaired) electrons. The standard InChI is InChI=1S/C23H25FN6.C23H26N6.C22H24FN7/c1-12-5-21(29-30-11-15(4)26-23(12)30)17-8-19(24)18-10-20(27-28-22(18)9-17)16-6-13(2)25-14(3)7-16;1-4-28-9-7-17(8-10-28)20-12-18-5-6-19(13-21(18)26-25-20)22-11-15(2)23-24-16(3)14-29(23)27-22;1-13-7-19(27-30-11-14(2)24-22(13)30)15-8-18(23)17-10-21(26-25-20(17)9-15)29-6-5-16(12-29)28(3)4/h5,8-11,13-14,16,25H,6-7H2,1-4H3;5-6,11-14,17H,4,7-10H2,1-3H3;7-11,16H,5-6,12H2,1-4H3/t13-,14-;;/m1../s1. The molecule has 456 valence electrons. The number of nitrogens with zero attached hydrogens (tertiary/aromatic N) is 18. The van der Waals surface area contributed by atoms with Crippen LogP contribution in [0.2, 0.25) is 0 Å². The maximum absolute atomic E-state index is 15.1. The van der Waals surface area contributed by atoms with Crippen molar-refractivity contribution in [3.8, 4) is 33.8 Å². The molecule has 3 aliphatic heterocycles. The van der Waals surface area contributed by atoms with Crippen molar-refractivity contribution in [3.05, 3.63) is 154 Å². The number of aryl methyl sites for hydroxylation is 6. The second-order valence-corrected chi connectivity index (χ2v) is 25.1. The van der Waals surface area contributed by atoms with Crippen LogP contribution in [0.15, 0.2) is 97.5 Å². The van der Waals surface area contributed by atoms with E-state index in [1.165, 1.54) is 18.9 Å². The number of piperidine rings is 2. The third kappa shape index (κ3) is 12.2. The van der Waals surface area contributed by atoms with Gasteiger partial charge in [0.1, 0.15) is 11.6 Å². The number of imidazole rings is 3. The normalized spacial score (nSPS) is 18.4. The van der Waals surface area contributed by atoms with E-state index in [4.69, 9.17) is 5.10 Å². The number of hydrogen-bond donors (Lipinski definition) is 1. The minimum atomic E-state index is -0.316. The zero-order valence-corrected chi connectivity index (χ0v) is 52.5. The fourth-order valence-electron chi connectivity index (χ4n) is 13.2. The van der Waals surface area contributed by atoms with Gasteiger partial charge in [-0.1, -0.05) is 19.1 Å². The van der Waals surface area contributed by atoms with Gasteiger partial charge in [0, 0.05) is 75.9 Å². The van der Waals surface area contributed by atoms with Crippen molar-refractivity contribution in [2.75, 3.05) is 51.7 Å². The number of halogens is 2. The summed E-state index contributed by atoms with van der Waals surface area (Å²) < 4.78 is 35.6. The van der Waals surface area contributed by atoms with E-state index in [0.717, 1.165) is 142 Å². The van der Waals surface area contributed by atoms with Crippen molar-refractivity contribution >= 4 is 55.5 Å². The topological polar surface area (TPSA) is 190 Å². The summed E-state index contributed by atoms with van der Waals surface area (Å²) in [4.78, 5) is 20.4. The van der Waals surface area contributed by atoms with Gasteiger partial charge >= 0.3 is 0 Å². The van der Waals surface area contributed by atoms with Crippen LogP contribution in [0.4, 0.5) is 14.6 Å². The molecule has 3 saturated heterocycles. The Morgan fingerprint density at radius 3 is 1.52 bits per heavy atom. The predicted octanol–water partition coefficient (Wildman–Crippen LogP) is 11.7. The monoisotopic (exact) mass is 1200 g/mol. The number of anilines is 1. The first kappa shape index (κ1) is 59.1. The van der Waals surface area contributed by atoms with Gasteiger partial charge in [0.25, 0.3) is 0 Å². The Morgan fingerprint density at radius 2 is 1.00 bits per heavy atom. The third-order valence-corrected chi connectivity index (χ3v) is 17.9. The average molecular weight is 1200 g/mol. The Hall–Kier alpha value is -8.92. The fourth-order valence-corrected chi connectivity index (χ4v) is 13.2. The summed E-state index contributed by atoms with van der Waals surface area (Å²) in [5, 5.41) is 46.4. The summed E-state index contributed by atoms with van der Waals surface area (Å²) in [6.45, 7) is 23.7. The van der Waals surface area contributed by atoms with E-state index in [1.807, 2.05) is 88.1 Å². The smallest absolute Gasteiger partial charge is 0.156 e. The summed E-state index contributed by atoms with van der Waals surface area (Å²) in [7, 11) is 4.17. The molecule has 21 heteroatoms. The van der Waals surface area contributed by atoms with Crippen LogP contribution in [0.5, 0.6) is 0 Å². The Bertz CT molecular complexity index is 4630. The van der Waals surface area contributed by atoms with Crippen LogP contribution in [0, 0.1) is 53.2 Å². The first-order chi connectivity index (χ1) is 42.9. The van der Waals surface area contributed by atoms with Gasteiger partial charge in [-0.05, 0) is 205 Å². The Balaban J connectivity index is 0.000000123. The molecule has 3 fully saturated rings. The van der Waals surface area contributed by atoms with Gasteiger partial charge in [0.05, 0.1) is 80.7 Å². The third-order valence-electron chi connectivity index (χ3n) is 17.9. The molecule has 3 aromatic carbocycles. The molecule has 9 aromatic heterocycles. The second kappa shape index (κ2) is 24.2. The van der Waals surface area contributed by atoms with Crippen LogP contribution in [0.3, 0.4) is 0 Å². The number of benzene rings is 3. The lowest BCUT2D eigenvalue weighted by molar-refractivity contribution is 0.220. The first-order valence-electron chi connectivity index (χ1n) is 31.0. The predicted molar refractivity (Wildman–Crippen MR) is 345 cm³/mol. The highest BCUT2D eigenvalue weighted by molar-refractivity contribution is 5.87. The molecule has 0 aliphatic carbocycles. The highest BCUT2D eigenvalue weighted by Crippen LogP contribution is 2.35. The highest BCUT2D eigenvalue weighted by Gasteiger charge is 2.28. The van der Waals surface area contributed by atoms with Crippen LogP contribution in [0.1, 0.15) is 110 Å². The molecule has 12 aromatic rings. The summed E-state index contributed by atoms with van der Waals surface area (Å²) in [5.74, 6) is 0.926. The van der Waals surface area contributed by atoms with Gasteiger partial charge in [-0.25, -0.2) is 37.3 Å². The molecule has 3 atom stereocenters. The lowest BCUT2D eigenvalue weighted by Crippen LogP contribution is -2.41. The summed E-state index contributed by atoms with van der Waals surface area (Å²) >= 11 is 0. The molecule has 0 bridgehead atoms.